The summed E-state index contributed by atoms with van der Waals surface area (Å²) in [5.74, 6) is 1.10. The van der Waals surface area contributed by atoms with Gasteiger partial charge in [0.15, 0.2) is 11.0 Å². The zero-order valence-electron chi connectivity index (χ0n) is 10.8. The number of nitrogens with one attached hydrogen (secondary N) is 2. The van der Waals surface area contributed by atoms with Gasteiger partial charge in [0, 0.05) is 5.75 Å². The first-order chi connectivity index (χ1) is 8.22. The summed E-state index contributed by atoms with van der Waals surface area (Å²) in [6.45, 7) is 4.40. The van der Waals surface area contributed by atoms with E-state index in [4.69, 9.17) is 0 Å². The number of imidazole rings is 1. The van der Waals surface area contributed by atoms with E-state index in [1.807, 2.05) is 11.8 Å². The van der Waals surface area contributed by atoms with Crippen molar-refractivity contribution in [3.63, 3.8) is 0 Å². The number of rotatable bonds is 5. The van der Waals surface area contributed by atoms with E-state index in [1.54, 1.807) is 0 Å². The molecular formula is C13H21N3S+2. The van der Waals surface area contributed by atoms with Crippen molar-refractivity contribution in [1.29, 1.82) is 0 Å². The number of para-hydroxylation sites is 2. The highest BCUT2D eigenvalue weighted by Crippen LogP contribution is 2.16. The van der Waals surface area contributed by atoms with Crippen LogP contribution in [0.15, 0.2) is 29.4 Å². The molecule has 17 heavy (non-hydrogen) atoms. The average molecular weight is 251 g/mol. The van der Waals surface area contributed by atoms with Crippen LogP contribution in [0.3, 0.4) is 0 Å². The molecule has 2 rings (SSSR count). The van der Waals surface area contributed by atoms with Gasteiger partial charge < -0.3 is 4.90 Å². The Morgan fingerprint density at radius 3 is 2.76 bits per heavy atom. The van der Waals surface area contributed by atoms with Crippen molar-refractivity contribution in [2.75, 3.05) is 26.4 Å². The molecule has 0 aliphatic rings. The van der Waals surface area contributed by atoms with Crippen molar-refractivity contribution in [1.82, 2.24) is 4.98 Å². The molecule has 1 aromatic carbocycles. The molecule has 0 atom stereocenters. The van der Waals surface area contributed by atoms with Crippen LogP contribution in [0.25, 0.3) is 11.0 Å². The number of hydrogen-bond acceptors (Lipinski definition) is 1. The second-order valence-corrected chi connectivity index (χ2v) is 5.74. The minimum atomic E-state index is 1.06. The maximum atomic E-state index is 3.51. The summed E-state index contributed by atoms with van der Waals surface area (Å²) in [7, 11) is 4.39. The molecule has 3 nitrogen and oxygen atoms in total. The number of likely N-dealkylation sites (N-methyl/N-ethyl adjacent to an activating group) is 1. The SMILES string of the molecule is CCSc1[nH]c2ccccc2[n+]1CC[NH+](C)C. The summed E-state index contributed by atoms with van der Waals surface area (Å²) in [5.41, 5.74) is 2.54. The molecular weight excluding hydrogens is 230 g/mol. The summed E-state index contributed by atoms with van der Waals surface area (Å²) < 4.78 is 2.40. The lowest BCUT2D eigenvalue weighted by atomic mass is 10.3. The van der Waals surface area contributed by atoms with Crippen molar-refractivity contribution in [2.45, 2.75) is 18.6 Å². The normalized spacial score (nSPS) is 11.5. The van der Waals surface area contributed by atoms with E-state index < -0.39 is 0 Å². The predicted octanol–water partition coefficient (Wildman–Crippen LogP) is 0.712. The standard InChI is InChI=1S/C13H19N3S/c1-4-17-13-14-11-7-5-6-8-12(11)16(13)10-9-15(2)3/h5-8H,4,9-10H2,1-3H3/p+2. The third-order valence-corrected chi connectivity index (χ3v) is 3.68. The Hall–Kier alpha value is -1.00. The molecule has 2 N–H and O–H groups in total. The Bertz CT molecular complexity index is 490. The van der Waals surface area contributed by atoms with Gasteiger partial charge >= 0.3 is 5.16 Å². The fourth-order valence-corrected chi connectivity index (χ4v) is 2.72. The zero-order chi connectivity index (χ0) is 12.3. The van der Waals surface area contributed by atoms with Crippen molar-refractivity contribution in [2.24, 2.45) is 0 Å². The second-order valence-electron chi connectivity index (χ2n) is 4.49. The number of H-pyrrole nitrogens is 1. The number of aromatic amines is 1. The summed E-state index contributed by atoms with van der Waals surface area (Å²) in [6.07, 6.45) is 0. The fraction of sp³-hybridized carbons (Fsp3) is 0.462. The topological polar surface area (TPSA) is 24.1 Å². The third-order valence-electron chi connectivity index (χ3n) is 2.80. The Morgan fingerprint density at radius 1 is 1.29 bits per heavy atom. The Morgan fingerprint density at radius 2 is 2.06 bits per heavy atom. The average Bonchev–Trinajstić information content (AvgIpc) is 2.64. The highest BCUT2D eigenvalue weighted by molar-refractivity contribution is 7.99. The minimum Gasteiger partial charge on any atom is -0.337 e. The van der Waals surface area contributed by atoms with Gasteiger partial charge in [-0.15, -0.1) is 0 Å². The maximum Gasteiger partial charge on any atom is 0.316 e. The Balaban J connectivity index is 2.37. The first-order valence-electron chi connectivity index (χ1n) is 6.14. The van der Waals surface area contributed by atoms with Gasteiger partial charge in [0.2, 0.25) is 0 Å². The van der Waals surface area contributed by atoms with E-state index in [9.17, 15) is 0 Å². The van der Waals surface area contributed by atoms with Crippen LogP contribution in [0.4, 0.5) is 0 Å². The molecule has 1 aromatic heterocycles. The number of aromatic nitrogens is 2. The van der Waals surface area contributed by atoms with Crippen molar-refractivity contribution in [3.05, 3.63) is 24.3 Å². The van der Waals surface area contributed by atoms with E-state index in [-0.39, 0.29) is 0 Å². The lowest BCUT2D eigenvalue weighted by Gasteiger charge is -2.06. The van der Waals surface area contributed by atoms with Gasteiger partial charge in [-0.2, -0.15) is 0 Å². The summed E-state index contributed by atoms with van der Waals surface area (Å²) >= 11 is 1.88. The fourth-order valence-electron chi connectivity index (χ4n) is 1.91. The number of thioether (sulfide) groups is 1. The maximum absolute atomic E-state index is 3.51. The van der Waals surface area contributed by atoms with Gasteiger partial charge in [0.25, 0.3) is 0 Å². The van der Waals surface area contributed by atoms with E-state index in [2.05, 4.69) is 54.8 Å². The molecule has 0 aliphatic carbocycles. The van der Waals surface area contributed by atoms with Gasteiger partial charge in [-0.05, 0) is 23.9 Å². The van der Waals surface area contributed by atoms with Crippen LogP contribution in [0, 0.1) is 0 Å². The third kappa shape index (κ3) is 2.82. The molecule has 92 valence electrons. The van der Waals surface area contributed by atoms with Crippen LogP contribution in [0.5, 0.6) is 0 Å². The summed E-state index contributed by atoms with van der Waals surface area (Å²) in [5, 5.41) is 1.27. The highest BCUT2D eigenvalue weighted by Gasteiger charge is 2.18. The van der Waals surface area contributed by atoms with Crippen LogP contribution >= 0.6 is 11.8 Å². The molecule has 0 fully saturated rings. The summed E-state index contributed by atoms with van der Waals surface area (Å²) in [4.78, 5) is 4.99. The molecule has 0 unspecified atom stereocenters. The smallest absolute Gasteiger partial charge is 0.316 e. The number of fused-ring (bicyclic) bond motifs is 1. The van der Waals surface area contributed by atoms with Gasteiger partial charge in [0.05, 0.1) is 14.1 Å². The number of nitrogens with zero attached hydrogens (tertiary/aromatic N) is 1. The zero-order valence-corrected chi connectivity index (χ0v) is 11.6. The highest BCUT2D eigenvalue weighted by atomic mass is 32.2. The quantitative estimate of drug-likeness (QED) is 0.594. The molecule has 0 aliphatic heterocycles. The molecule has 4 heteroatoms. The van der Waals surface area contributed by atoms with Gasteiger partial charge in [-0.1, -0.05) is 19.1 Å². The largest absolute Gasteiger partial charge is 0.337 e. The van der Waals surface area contributed by atoms with Crippen molar-refractivity contribution in [3.8, 4) is 0 Å². The van der Waals surface area contributed by atoms with Gasteiger partial charge in [-0.3, -0.25) is 0 Å². The van der Waals surface area contributed by atoms with E-state index >= 15 is 0 Å². The lowest BCUT2D eigenvalue weighted by Crippen LogP contribution is -3.06. The monoisotopic (exact) mass is 251 g/mol. The lowest BCUT2D eigenvalue weighted by molar-refractivity contribution is -0.884. The van der Waals surface area contributed by atoms with Crippen LogP contribution in [-0.2, 0) is 6.54 Å². The molecule has 0 saturated heterocycles. The molecule has 2 aromatic rings. The van der Waals surface area contributed by atoms with Crippen molar-refractivity contribution >= 4 is 22.8 Å². The first-order valence-corrected chi connectivity index (χ1v) is 7.13. The predicted molar refractivity (Wildman–Crippen MR) is 72.6 cm³/mol. The van der Waals surface area contributed by atoms with Crippen molar-refractivity contribution < 1.29 is 9.47 Å². The Labute approximate surface area is 107 Å². The summed E-state index contributed by atoms with van der Waals surface area (Å²) in [6, 6.07) is 8.53. The first kappa shape index (κ1) is 12.5. The van der Waals surface area contributed by atoms with Crippen LogP contribution < -0.4 is 9.47 Å². The molecule has 0 radical (unpaired) electrons. The van der Waals surface area contributed by atoms with Gasteiger partial charge in [0.1, 0.15) is 13.1 Å². The second kappa shape index (κ2) is 5.56. The molecule has 0 amide bonds. The molecule has 0 spiro atoms. The van der Waals surface area contributed by atoms with E-state index in [0.717, 1.165) is 18.8 Å². The molecule has 0 bridgehead atoms. The van der Waals surface area contributed by atoms with E-state index in [1.165, 1.54) is 21.1 Å². The molecule has 1 heterocycles. The minimum absolute atomic E-state index is 1.06. The number of hydrogen-bond donors (Lipinski definition) is 2. The van der Waals surface area contributed by atoms with E-state index in [0.29, 0.717) is 0 Å². The number of benzene rings is 1. The van der Waals surface area contributed by atoms with Crippen LogP contribution in [-0.4, -0.2) is 31.4 Å². The number of quaternary nitrogens is 1. The van der Waals surface area contributed by atoms with Gasteiger partial charge in [-0.25, -0.2) is 9.55 Å². The van der Waals surface area contributed by atoms with Crippen LogP contribution in [0.1, 0.15) is 6.92 Å². The van der Waals surface area contributed by atoms with Crippen LogP contribution in [0.2, 0.25) is 0 Å². The molecule has 0 saturated carbocycles. The Kier molecular flexibility index (Phi) is 4.07.